The van der Waals surface area contributed by atoms with E-state index < -0.39 is 0 Å². The Morgan fingerprint density at radius 2 is 1.02 bits per heavy atom. The van der Waals surface area contributed by atoms with E-state index in [1.165, 1.54) is 0 Å². The summed E-state index contributed by atoms with van der Waals surface area (Å²) >= 11 is 0. The van der Waals surface area contributed by atoms with E-state index in [4.69, 9.17) is 19.4 Å². The zero-order valence-corrected chi connectivity index (χ0v) is 29.4. The summed E-state index contributed by atoms with van der Waals surface area (Å²) in [5.74, 6) is 1.72. The van der Waals surface area contributed by atoms with Gasteiger partial charge in [0.05, 0.1) is 5.56 Å². The van der Waals surface area contributed by atoms with Gasteiger partial charge in [0, 0.05) is 39.4 Å². The summed E-state index contributed by atoms with van der Waals surface area (Å²) in [6.45, 7) is 2.01. The molecule has 54 heavy (non-hydrogen) atoms. The topological polar surface area (TPSA) is 64.7 Å². The van der Waals surface area contributed by atoms with E-state index in [-0.39, 0.29) is 0 Å². The lowest BCUT2D eigenvalue weighted by Gasteiger charge is -2.14. The van der Waals surface area contributed by atoms with Gasteiger partial charge in [-0.3, -0.25) is 4.98 Å². The highest BCUT2D eigenvalue weighted by Crippen LogP contribution is 2.42. The molecule has 0 atom stereocenters. The van der Waals surface area contributed by atoms with E-state index in [0.717, 1.165) is 88.5 Å². The van der Waals surface area contributed by atoms with Gasteiger partial charge in [-0.05, 0) is 75.8 Å². The predicted octanol–water partition coefficient (Wildman–Crippen LogP) is 12.6. The van der Waals surface area contributed by atoms with Crippen LogP contribution in [0.2, 0.25) is 0 Å². The normalized spacial score (nSPS) is 11.4. The molecule has 254 valence electrons. The van der Waals surface area contributed by atoms with Crippen LogP contribution in [-0.4, -0.2) is 19.9 Å². The number of nitrogens with zero attached hydrogens (tertiary/aromatic N) is 4. The van der Waals surface area contributed by atoms with Crippen LogP contribution in [0.4, 0.5) is 0 Å². The van der Waals surface area contributed by atoms with Gasteiger partial charge in [-0.1, -0.05) is 140 Å². The van der Waals surface area contributed by atoms with Crippen LogP contribution >= 0.6 is 0 Å². The summed E-state index contributed by atoms with van der Waals surface area (Å²) in [6, 6.07) is 58.6. The molecule has 0 aliphatic heterocycles. The molecule has 0 radical (unpaired) electrons. The third-order valence-corrected chi connectivity index (χ3v) is 10.1. The molecular formula is C49H32N4O. The smallest absolute Gasteiger partial charge is 0.167 e. The molecule has 0 saturated heterocycles. The van der Waals surface area contributed by atoms with Gasteiger partial charge in [0.2, 0.25) is 0 Å². The van der Waals surface area contributed by atoms with E-state index in [1.807, 2.05) is 31.3 Å². The van der Waals surface area contributed by atoms with Gasteiger partial charge in [0.25, 0.3) is 0 Å². The van der Waals surface area contributed by atoms with Gasteiger partial charge < -0.3 is 4.42 Å². The third-order valence-electron chi connectivity index (χ3n) is 10.1. The monoisotopic (exact) mass is 692 g/mol. The summed E-state index contributed by atoms with van der Waals surface area (Å²) in [6.07, 6.45) is 1.94. The molecule has 0 aliphatic rings. The van der Waals surface area contributed by atoms with E-state index in [0.29, 0.717) is 17.5 Å². The van der Waals surface area contributed by atoms with Crippen molar-refractivity contribution in [2.45, 2.75) is 6.92 Å². The fourth-order valence-electron chi connectivity index (χ4n) is 7.40. The van der Waals surface area contributed by atoms with Crippen molar-refractivity contribution in [3.8, 4) is 67.5 Å². The Hall–Kier alpha value is -7.24. The highest BCUT2D eigenvalue weighted by atomic mass is 16.3. The molecule has 0 unspecified atom stereocenters. The van der Waals surface area contributed by atoms with Gasteiger partial charge in [0.1, 0.15) is 11.2 Å². The Morgan fingerprint density at radius 3 is 1.85 bits per heavy atom. The molecular weight excluding hydrogens is 661 g/mol. The van der Waals surface area contributed by atoms with E-state index in [1.54, 1.807) is 0 Å². The quantitative estimate of drug-likeness (QED) is 0.174. The summed E-state index contributed by atoms with van der Waals surface area (Å²) in [5, 5.41) is 4.22. The number of benzene rings is 7. The average molecular weight is 693 g/mol. The molecule has 10 aromatic rings. The number of fused-ring (bicyclic) bond motifs is 4. The van der Waals surface area contributed by atoms with Gasteiger partial charge in [-0.25, -0.2) is 15.0 Å². The number of hydrogen-bond donors (Lipinski definition) is 0. The predicted molar refractivity (Wildman–Crippen MR) is 220 cm³/mol. The number of para-hydroxylation sites is 1. The SMILES string of the molecule is Cc1ccc(-c2ccccc2-c2cc(-c3nc(-c4cccc(-c5ccccc5)c4)nc(-c4cccc5ccccc45)n3)c3oc4ccccc4c3c2)cn1. The van der Waals surface area contributed by atoms with Crippen LogP contribution in [0.1, 0.15) is 5.69 Å². The second-order valence-corrected chi connectivity index (χ2v) is 13.5. The summed E-state index contributed by atoms with van der Waals surface area (Å²) in [7, 11) is 0. The molecule has 0 spiro atoms. The van der Waals surface area contributed by atoms with Crippen LogP contribution in [0, 0.1) is 6.92 Å². The largest absolute Gasteiger partial charge is 0.455 e. The Kier molecular flexibility index (Phi) is 7.62. The van der Waals surface area contributed by atoms with Crippen molar-refractivity contribution < 1.29 is 4.42 Å². The van der Waals surface area contributed by atoms with Crippen molar-refractivity contribution >= 4 is 32.7 Å². The Labute approximate surface area is 312 Å². The number of aryl methyl sites for hydroxylation is 1. The van der Waals surface area contributed by atoms with Crippen molar-refractivity contribution in [3.05, 3.63) is 182 Å². The number of hydrogen-bond acceptors (Lipinski definition) is 5. The first-order valence-electron chi connectivity index (χ1n) is 18.0. The molecule has 0 amide bonds. The zero-order valence-electron chi connectivity index (χ0n) is 29.4. The van der Waals surface area contributed by atoms with Crippen molar-refractivity contribution in [3.63, 3.8) is 0 Å². The molecule has 0 fully saturated rings. The summed E-state index contributed by atoms with van der Waals surface area (Å²) in [4.78, 5) is 20.4. The minimum atomic E-state index is 0.536. The second kappa shape index (κ2) is 13.1. The Morgan fingerprint density at radius 1 is 0.389 bits per heavy atom. The number of furan rings is 1. The maximum atomic E-state index is 6.68. The van der Waals surface area contributed by atoms with Crippen LogP contribution in [-0.2, 0) is 0 Å². The molecule has 7 aromatic carbocycles. The van der Waals surface area contributed by atoms with Gasteiger partial charge >= 0.3 is 0 Å². The van der Waals surface area contributed by atoms with E-state index in [9.17, 15) is 0 Å². The lowest BCUT2D eigenvalue weighted by Crippen LogP contribution is -2.01. The lowest BCUT2D eigenvalue weighted by molar-refractivity contribution is 0.669. The third kappa shape index (κ3) is 5.60. The van der Waals surface area contributed by atoms with E-state index >= 15 is 0 Å². The molecule has 0 N–H and O–H groups in total. The van der Waals surface area contributed by atoms with Crippen LogP contribution < -0.4 is 0 Å². The molecule has 0 saturated carbocycles. The fraction of sp³-hybridized carbons (Fsp3) is 0.0204. The molecule has 10 rings (SSSR count). The molecule has 5 nitrogen and oxygen atoms in total. The maximum Gasteiger partial charge on any atom is 0.167 e. The van der Waals surface area contributed by atoms with Crippen LogP contribution in [0.25, 0.3) is 100 Å². The number of rotatable bonds is 6. The average Bonchev–Trinajstić information content (AvgIpc) is 3.62. The van der Waals surface area contributed by atoms with Crippen LogP contribution in [0.5, 0.6) is 0 Å². The van der Waals surface area contributed by atoms with Crippen molar-refractivity contribution in [1.29, 1.82) is 0 Å². The standard InChI is InChI=1S/C49H32N4O/c1-31-25-26-36(30-50-31)39-20-7-8-21-40(39)37-28-43-41-22-9-10-24-45(41)54-46(43)44(29-37)49-52-47(35-18-11-17-34(27-35)32-13-3-2-4-14-32)51-48(53-49)42-23-12-16-33-15-5-6-19-38(33)42/h2-30H,1H3. The minimum Gasteiger partial charge on any atom is -0.455 e. The number of aromatic nitrogens is 4. The summed E-state index contributed by atoms with van der Waals surface area (Å²) < 4.78 is 6.68. The molecule has 3 heterocycles. The van der Waals surface area contributed by atoms with Crippen LogP contribution in [0.3, 0.4) is 0 Å². The highest BCUT2D eigenvalue weighted by molar-refractivity contribution is 6.11. The van der Waals surface area contributed by atoms with Gasteiger partial charge in [0.15, 0.2) is 17.5 Å². The van der Waals surface area contributed by atoms with Crippen molar-refractivity contribution in [1.82, 2.24) is 19.9 Å². The molecule has 5 heteroatoms. The van der Waals surface area contributed by atoms with Crippen molar-refractivity contribution in [2.75, 3.05) is 0 Å². The first kappa shape index (κ1) is 31.5. The summed E-state index contributed by atoms with van der Waals surface area (Å²) in [5.41, 5.74) is 11.6. The second-order valence-electron chi connectivity index (χ2n) is 13.5. The minimum absolute atomic E-state index is 0.536. The first-order chi connectivity index (χ1) is 26.7. The molecule has 0 bridgehead atoms. The van der Waals surface area contributed by atoms with Gasteiger partial charge in [-0.15, -0.1) is 0 Å². The van der Waals surface area contributed by atoms with Crippen molar-refractivity contribution in [2.24, 2.45) is 0 Å². The van der Waals surface area contributed by atoms with Gasteiger partial charge in [-0.2, -0.15) is 0 Å². The Bertz CT molecular complexity index is 3000. The number of pyridine rings is 1. The molecule has 3 aromatic heterocycles. The molecule has 0 aliphatic carbocycles. The first-order valence-corrected chi connectivity index (χ1v) is 18.0. The fourth-order valence-corrected chi connectivity index (χ4v) is 7.40. The highest BCUT2D eigenvalue weighted by Gasteiger charge is 2.21. The lowest BCUT2D eigenvalue weighted by atomic mass is 9.92. The zero-order chi connectivity index (χ0) is 36.0. The van der Waals surface area contributed by atoms with Crippen LogP contribution in [0.15, 0.2) is 180 Å². The Balaban J connectivity index is 1.25. The maximum absolute atomic E-state index is 6.68. The van der Waals surface area contributed by atoms with E-state index in [2.05, 4.69) is 157 Å².